The standard InChI is InChI=1S/C41H44ClF2IN6O4/c1-23-19-32(50(21-25-9-13-27(53-7)14-10-25)22-26-11-15-28(54-8)16-12-26)46-37(35(23)45)33-30(42)20-29-36(34(33)43)47-39(44)48-38(29)49(6)31-17-18-51(24(31)2)40(52)55-41(3,4)5/h9-16,19-20,24,31H,17-18,21-22H2,1-8H3/t24-,31-/m1/s1. The van der Waals surface area contributed by atoms with Gasteiger partial charge in [-0.2, -0.15) is 14.4 Å². The Morgan fingerprint density at radius 1 is 0.964 bits per heavy atom. The van der Waals surface area contributed by atoms with Crippen LogP contribution in [0, 0.1) is 22.4 Å². The molecule has 0 N–H and O–H groups in total. The number of benzene rings is 3. The number of hydrogen-bond acceptors (Lipinski definition) is 9. The van der Waals surface area contributed by atoms with Crippen LogP contribution in [0.1, 0.15) is 50.8 Å². The lowest BCUT2D eigenvalue weighted by molar-refractivity contribution is 0.0233. The second-order valence-corrected chi connectivity index (χ2v) is 16.1. The molecule has 3 heterocycles. The van der Waals surface area contributed by atoms with Gasteiger partial charge in [0.2, 0.25) is 0 Å². The molecule has 5 aromatic rings. The number of fused-ring (bicyclic) bond motifs is 1. The molecule has 1 saturated heterocycles. The van der Waals surface area contributed by atoms with Gasteiger partial charge < -0.3 is 28.9 Å². The number of carbonyl (C=O) groups is 1. The lowest BCUT2D eigenvalue weighted by Crippen LogP contribution is -2.45. The van der Waals surface area contributed by atoms with Crippen molar-refractivity contribution in [1.29, 1.82) is 0 Å². The fraction of sp³-hybridized carbons (Fsp3) is 0.366. The fourth-order valence-electron chi connectivity index (χ4n) is 6.90. The van der Waals surface area contributed by atoms with Crippen molar-refractivity contribution in [3.63, 3.8) is 0 Å². The molecule has 1 amide bonds. The predicted octanol–water partition coefficient (Wildman–Crippen LogP) is 9.59. The van der Waals surface area contributed by atoms with Crippen LogP contribution >= 0.6 is 34.2 Å². The number of anilines is 2. The van der Waals surface area contributed by atoms with Crippen molar-refractivity contribution in [3.05, 3.63) is 97.8 Å². The number of hydrogen-bond donors (Lipinski definition) is 0. The highest BCUT2D eigenvalue weighted by Gasteiger charge is 2.39. The normalized spacial score (nSPS) is 15.7. The molecule has 2 atom stereocenters. The maximum Gasteiger partial charge on any atom is 0.410 e. The Balaban J connectivity index is 1.40. The number of aryl methyl sites for hydroxylation is 1. The summed E-state index contributed by atoms with van der Waals surface area (Å²) in [5.41, 5.74) is 2.31. The lowest BCUT2D eigenvalue weighted by atomic mass is 10.0. The zero-order valence-corrected chi connectivity index (χ0v) is 35.0. The van der Waals surface area contributed by atoms with Gasteiger partial charge in [0.15, 0.2) is 5.82 Å². The third-order valence-electron chi connectivity index (χ3n) is 9.76. The van der Waals surface area contributed by atoms with Gasteiger partial charge in [-0.25, -0.2) is 14.2 Å². The van der Waals surface area contributed by atoms with Gasteiger partial charge >= 0.3 is 12.2 Å². The van der Waals surface area contributed by atoms with Crippen molar-refractivity contribution in [2.24, 2.45) is 0 Å². The Morgan fingerprint density at radius 2 is 1.55 bits per heavy atom. The molecule has 1 aliphatic rings. The quantitative estimate of drug-likeness (QED) is 0.100. The van der Waals surface area contributed by atoms with Gasteiger partial charge in [0, 0.05) is 35.6 Å². The maximum atomic E-state index is 17.0. The number of rotatable bonds is 10. The van der Waals surface area contributed by atoms with Gasteiger partial charge in [-0.05, 0) is 117 Å². The minimum absolute atomic E-state index is 0.00870. The van der Waals surface area contributed by atoms with Crippen LogP contribution in [-0.2, 0) is 17.8 Å². The monoisotopic (exact) mass is 884 g/mol. The van der Waals surface area contributed by atoms with E-state index in [9.17, 15) is 4.79 Å². The number of carbonyl (C=O) groups excluding carboxylic acids is 1. The molecule has 0 saturated carbocycles. The van der Waals surface area contributed by atoms with Crippen molar-refractivity contribution in [2.75, 3.05) is 37.6 Å². The summed E-state index contributed by atoms with van der Waals surface area (Å²) >= 11 is 9.13. The molecule has 0 radical (unpaired) electrons. The number of likely N-dealkylation sites (N-methyl/N-ethyl adjacent to an activating group) is 1. The van der Waals surface area contributed by atoms with E-state index in [4.69, 9.17) is 30.8 Å². The number of halogens is 4. The van der Waals surface area contributed by atoms with Gasteiger partial charge in [0.25, 0.3) is 0 Å². The van der Waals surface area contributed by atoms with Crippen LogP contribution in [0.2, 0.25) is 5.02 Å². The Hall–Kier alpha value is -4.50. The average molecular weight is 885 g/mol. The summed E-state index contributed by atoms with van der Waals surface area (Å²) in [7, 11) is 5.00. The zero-order chi connectivity index (χ0) is 39.8. The van der Waals surface area contributed by atoms with E-state index in [-0.39, 0.29) is 39.4 Å². The largest absolute Gasteiger partial charge is 0.497 e. The summed E-state index contributed by atoms with van der Waals surface area (Å²) in [5, 5.41) is 0.310. The van der Waals surface area contributed by atoms with Crippen LogP contribution in [0.5, 0.6) is 11.5 Å². The van der Waals surface area contributed by atoms with E-state index in [2.05, 4.69) is 37.5 Å². The second-order valence-electron chi connectivity index (χ2n) is 14.7. The molecule has 0 bridgehead atoms. The number of methoxy groups -OCH3 is 2. The van der Waals surface area contributed by atoms with Crippen molar-refractivity contribution in [2.45, 2.75) is 71.8 Å². The van der Waals surface area contributed by atoms with Gasteiger partial charge in [-0.3, -0.25) is 0 Å². The van der Waals surface area contributed by atoms with Crippen LogP contribution in [0.25, 0.3) is 22.2 Å². The molecule has 0 unspecified atom stereocenters. The Morgan fingerprint density at radius 3 is 2.09 bits per heavy atom. The Bertz CT molecular complexity index is 2150. The molecular weight excluding hydrogens is 841 g/mol. The van der Waals surface area contributed by atoms with E-state index >= 15 is 8.78 Å². The minimum Gasteiger partial charge on any atom is -0.497 e. The molecule has 14 heteroatoms. The van der Waals surface area contributed by atoms with Gasteiger partial charge in [0.05, 0.1) is 42.6 Å². The van der Waals surface area contributed by atoms with Crippen LogP contribution in [0.15, 0.2) is 60.7 Å². The Labute approximate surface area is 338 Å². The maximum absolute atomic E-state index is 17.0. The van der Waals surface area contributed by atoms with Gasteiger partial charge in [-0.15, -0.1) is 0 Å². The van der Waals surface area contributed by atoms with E-state index in [1.54, 1.807) is 37.1 Å². The molecular formula is C41H44ClF2IN6O4. The highest BCUT2D eigenvalue weighted by atomic mass is 127. The highest BCUT2D eigenvalue weighted by Crippen LogP contribution is 2.41. The van der Waals surface area contributed by atoms with Crippen LogP contribution < -0.4 is 19.3 Å². The second kappa shape index (κ2) is 16.3. The van der Waals surface area contributed by atoms with Gasteiger partial charge in [0.1, 0.15) is 34.3 Å². The zero-order valence-electron chi connectivity index (χ0n) is 32.1. The van der Waals surface area contributed by atoms with E-state index in [1.165, 1.54) is 0 Å². The van der Waals surface area contributed by atoms with Crippen LogP contribution in [-0.4, -0.2) is 71.4 Å². The van der Waals surface area contributed by atoms with E-state index in [0.717, 1.165) is 28.2 Å². The third kappa shape index (κ3) is 8.67. The highest BCUT2D eigenvalue weighted by molar-refractivity contribution is 14.1. The smallest absolute Gasteiger partial charge is 0.410 e. The Kier molecular flexibility index (Phi) is 11.9. The van der Waals surface area contributed by atoms with Crippen molar-refractivity contribution < 1.29 is 27.8 Å². The topological polar surface area (TPSA) is 93.2 Å². The molecule has 290 valence electrons. The summed E-state index contributed by atoms with van der Waals surface area (Å²) in [5.74, 6) is 1.43. The summed E-state index contributed by atoms with van der Waals surface area (Å²) in [4.78, 5) is 31.6. The van der Waals surface area contributed by atoms with Crippen molar-refractivity contribution in [3.8, 4) is 22.8 Å². The average Bonchev–Trinajstić information content (AvgIpc) is 3.53. The molecule has 3 aromatic carbocycles. The van der Waals surface area contributed by atoms with Crippen molar-refractivity contribution in [1.82, 2.24) is 19.9 Å². The third-order valence-corrected chi connectivity index (χ3v) is 11.4. The molecule has 0 spiro atoms. The fourth-order valence-corrected chi connectivity index (χ4v) is 7.73. The van der Waals surface area contributed by atoms with E-state index in [0.29, 0.717) is 41.1 Å². The molecule has 1 fully saturated rings. The number of ether oxygens (including phenoxy) is 3. The van der Waals surface area contributed by atoms with E-state index in [1.807, 2.05) is 89.2 Å². The lowest BCUT2D eigenvalue weighted by Gasteiger charge is -2.33. The van der Waals surface area contributed by atoms with Crippen molar-refractivity contribution >= 4 is 62.8 Å². The number of amides is 1. The first-order valence-corrected chi connectivity index (χ1v) is 19.3. The molecule has 2 aromatic heterocycles. The number of nitrogens with zero attached hydrogens (tertiary/aromatic N) is 6. The van der Waals surface area contributed by atoms with Crippen LogP contribution in [0.4, 0.5) is 25.2 Å². The molecule has 6 rings (SSSR count). The SMILES string of the molecule is COc1ccc(CN(Cc2ccc(OC)cc2)c2cc(C)c(I)c(-c3c(Cl)cc4c(N(C)[C@@H]5CCN(C(=O)OC(C)(C)C)[C@@H]5C)nc(F)nc4c3F)n2)cc1. The first-order chi connectivity index (χ1) is 26.1. The molecule has 55 heavy (non-hydrogen) atoms. The van der Waals surface area contributed by atoms with Crippen LogP contribution in [0.3, 0.4) is 0 Å². The summed E-state index contributed by atoms with van der Waals surface area (Å²) in [6, 6.07) is 18.5. The summed E-state index contributed by atoms with van der Waals surface area (Å²) in [6.45, 7) is 10.7. The molecule has 10 nitrogen and oxygen atoms in total. The molecule has 0 aliphatic carbocycles. The number of likely N-dealkylation sites (tertiary alicyclic amines) is 1. The summed E-state index contributed by atoms with van der Waals surface area (Å²) in [6.07, 6.45) is -0.954. The predicted molar refractivity (Wildman–Crippen MR) is 220 cm³/mol. The molecule has 1 aliphatic heterocycles. The van der Waals surface area contributed by atoms with Gasteiger partial charge in [-0.1, -0.05) is 35.9 Å². The first-order valence-electron chi connectivity index (χ1n) is 17.8. The summed E-state index contributed by atoms with van der Waals surface area (Å²) < 4.78 is 49.3. The van der Waals surface area contributed by atoms with E-state index < -0.39 is 23.6 Å². The first kappa shape index (κ1) is 40.2. The number of aromatic nitrogens is 3. The number of pyridine rings is 1. The minimum atomic E-state index is -1.09.